The molecule has 0 N–H and O–H groups in total. The lowest BCUT2D eigenvalue weighted by molar-refractivity contribution is -0.325. The van der Waals surface area contributed by atoms with Gasteiger partial charge in [0.05, 0.1) is 5.97 Å². The SMILES string of the molecule is CC(Br)C(=O)OC(C)(C(=O)[O-])c1ccccc1. The molecular formula is C12H12BrO4-. The van der Waals surface area contributed by atoms with Crippen molar-refractivity contribution >= 4 is 27.9 Å². The van der Waals surface area contributed by atoms with Crippen molar-refractivity contribution in [2.45, 2.75) is 24.3 Å². The monoisotopic (exact) mass is 299 g/mol. The van der Waals surface area contributed by atoms with Crippen LogP contribution >= 0.6 is 15.9 Å². The van der Waals surface area contributed by atoms with E-state index in [2.05, 4.69) is 15.9 Å². The fourth-order valence-electron chi connectivity index (χ4n) is 1.26. The maximum Gasteiger partial charge on any atom is 0.320 e. The first-order valence-electron chi connectivity index (χ1n) is 5.02. The number of carboxylic acid groups (broad SMARTS) is 1. The van der Waals surface area contributed by atoms with E-state index >= 15 is 0 Å². The van der Waals surface area contributed by atoms with Crippen molar-refractivity contribution in [2.75, 3.05) is 0 Å². The molecule has 0 radical (unpaired) electrons. The van der Waals surface area contributed by atoms with Crippen LogP contribution in [0.5, 0.6) is 0 Å². The van der Waals surface area contributed by atoms with E-state index in [1.807, 2.05) is 0 Å². The van der Waals surface area contributed by atoms with E-state index < -0.39 is 22.4 Å². The Hall–Kier alpha value is -1.36. The number of benzene rings is 1. The van der Waals surface area contributed by atoms with Crippen molar-refractivity contribution in [3.05, 3.63) is 35.9 Å². The molecule has 0 aromatic heterocycles. The Bertz CT molecular complexity index is 416. The molecule has 5 heteroatoms. The third-order valence-corrected chi connectivity index (χ3v) is 2.72. The Labute approximate surface area is 108 Å². The molecule has 0 aliphatic rings. The van der Waals surface area contributed by atoms with E-state index in [1.54, 1.807) is 37.3 Å². The first-order chi connectivity index (χ1) is 7.88. The van der Waals surface area contributed by atoms with Crippen LogP contribution in [0.15, 0.2) is 30.3 Å². The summed E-state index contributed by atoms with van der Waals surface area (Å²) in [5.41, 5.74) is -1.41. The first kappa shape index (κ1) is 13.7. The van der Waals surface area contributed by atoms with Gasteiger partial charge in [-0.05, 0) is 13.8 Å². The highest BCUT2D eigenvalue weighted by atomic mass is 79.9. The zero-order valence-electron chi connectivity index (χ0n) is 9.48. The molecule has 92 valence electrons. The van der Waals surface area contributed by atoms with Crippen molar-refractivity contribution in [3.63, 3.8) is 0 Å². The van der Waals surface area contributed by atoms with Gasteiger partial charge in [0.2, 0.25) is 0 Å². The molecule has 0 bridgehead atoms. The van der Waals surface area contributed by atoms with Crippen LogP contribution in [0.1, 0.15) is 19.4 Å². The fraction of sp³-hybridized carbons (Fsp3) is 0.333. The van der Waals surface area contributed by atoms with Gasteiger partial charge in [-0.2, -0.15) is 0 Å². The van der Waals surface area contributed by atoms with Gasteiger partial charge < -0.3 is 14.6 Å². The van der Waals surface area contributed by atoms with Crippen LogP contribution in [0.4, 0.5) is 0 Å². The number of ether oxygens (including phenoxy) is 1. The first-order valence-corrected chi connectivity index (χ1v) is 5.93. The average Bonchev–Trinajstić information content (AvgIpc) is 2.29. The molecule has 1 aromatic carbocycles. The summed E-state index contributed by atoms with van der Waals surface area (Å²) in [5.74, 6) is -2.11. The molecule has 2 atom stereocenters. The van der Waals surface area contributed by atoms with Crippen molar-refractivity contribution in [3.8, 4) is 0 Å². The molecule has 0 aliphatic carbocycles. The number of halogens is 1. The lowest BCUT2D eigenvalue weighted by Crippen LogP contribution is -2.47. The number of carbonyl (C=O) groups excluding carboxylic acids is 2. The highest BCUT2D eigenvalue weighted by Crippen LogP contribution is 2.26. The molecule has 0 heterocycles. The molecule has 0 amide bonds. The van der Waals surface area contributed by atoms with E-state index in [0.29, 0.717) is 5.56 Å². The summed E-state index contributed by atoms with van der Waals surface area (Å²) in [6.07, 6.45) is 0. The number of carbonyl (C=O) groups is 2. The Morgan fingerprint density at radius 1 is 1.35 bits per heavy atom. The Kier molecular flexibility index (Phi) is 4.28. The minimum atomic E-state index is -1.78. The summed E-state index contributed by atoms with van der Waals surface area (Å²) in [4.78, 5) is 22.1. The predicted molar refractivity (Wildman–Crippen MR) is 63.3 cm³/mol. The molecule has 1 rings (SSSR count). The molecule has 0 spiro atoms. The van der Waals surface area contributed by atoms with E-state index in [4.69, 9.17) is 4.74 Å². The van der Waals surface area contributed by atoms with Gasteiger partial charge in [-0.3, -0.25) is 4.79 Å². The second-order valence-corrected chi connectivity index (χ2v) is 5.10. The predicted octanol–water partition coefficient (Wildman–Crippen LogP) is 0.978. The Morgan fingerprint density at radius 2 is 1.88 bits per heavy atom. The summed E-state index contributed by atoms with van der Waals surface area (Å²) < 4.78 is 5.00. The van der Waals surface area contributed by atoms with Crippen LogP contribution in [0.2, 0.25) is 0 Å². The number of alkyl halides is 1. The highest BCUT2D eigenvalue weighted by Gasteiger charge is 2.33. The maximum absolute atomic E-state index is 11.5. The topological polar surface area (TPSA) is 66.4 Å². The van der Waals surface area contributed by atoms with Crippen LogP contribution in [-0.4, -0.2) is 16.8 Å². The Morgan fingerprint density at radius 3 is 2.29 bits per heavy atom. The maximum atomic E-state index is 11.5. The van der Waals surface area contributed by atoms with Crippen molar-refractivity contribution in [1.29, 1.82) is 0 Å². The molecule has 0 saturated heterocycles. The minimum absolute atomic E-state index is 0.363. The van der Waals surface area contributed by atoms with Gasteiger partial charge in [-0.25, -0.2) is 0 Å². The summed E-state index contributed by atoms with van der Waals surface area (Å²) in [7, 11) is 0. The van der Waals surface area contributed by atoms with Crippen LogP contribution < -0.4 is 5.11 Å². The third-order valence-electron chi connectivity index (χ3n) is 2.34. The smallest absolute Gasteiger partial charge is 0.320 e. The molecule has 1 aromatic rings. The van der Waals surface area contributed by atoms with E-state index in [1.165, 1.54) is 6.92 Å². The Balaban J connectivity index is 3.07. The van der Waals surface area contributed by atoms with Gasteiger partial charge in [0.1, 0.15) is 4.83 Å². The largest absolute Gasteiger partial charge is 0.545 e. The van der Waals surface area contributed by atoms with Gasteiger partial charge in [0.15, 0.2) is 5.60 Å². The van der Waals surface area contributed by atoms with E-state index in [-0.39, 0.29) is 0 Å². The van der Waals surface area contributed by atoms with Gasteiger partial charge in [0.25, 0.3) is 0 Å². The lowest BCUT2D eigenvalue weighted by atomic mass is 9.96. The number of hydrogen-bond acceptors (Lipinski definition) is 4. The number of rotatable bonds is 4. The van der Waals surface area contributed by atoms with E-state index in [0.717, 1.165) is 0 Å². The second kappa shape index (κ2) is 5.31. The summed E-state index contributed by atoms with van der Waals surface area (Å²) in [6, 6.07) is 8.22. The summed E-state index contributed by atoms with van der Waals surface area (Å²) in [6.45, 7) is 2.86. The third kappa shape index (κ3) is 3.06. The van der Waals surface area contributed by atoms with Crippen molar-refractivity contribution in [2.24, 2.45) is 0 Å². The molecule has 17 heavy (non-hydrogen) atoms. The molecule has 0 saturated carbocycles. The zero-order chi connectivity index (χ0) is 13.1. The lowest BCUT2D eigenvalue weighted by Gasteiger charge is -2.31. The van der Waals surface area contributed by atoms with Crippen LogP contribution in [-0.2, 0) is 19.9 Å². The number of carboxylic acids is 1. The molecule has 2 unspecified atom stereocenters. The number of aliphatic carboxylic acids is 1. The zero-order valence-corrected chi connectivity index (χ0v) is 11.1. The van der Waals surface area contributed by atoms with Crippen molar-refractivity contribution < 1.29 is 19.4 Å². The standard InChI is InChI=1S/C12H13BrO4/c1-8(13)10(14)17-12(2,11(15)16)9-6-4-3-5-7-9/h3-8H,1-2H3,(H,15,16)/p-1. The van der Waals surface area contributed by atoms with Gasteiger partial charge in [-0.1, -0.05) is 46.3 Å². The van der Waals surface area contributed by atoms with Crippen LogP contribution in [0, 0.1) is 0 Å². The normalized spacial score (nSPS) is 15.7. The molecule has 4 nitrogen and oxygen atoms in total. The van der Waals surface area contributed by atoms with Crippen LogP contribution in [0.25, 0.3) is 0 Å². The molecule has 0 aliphatic heterocycles. The summed E-state index contributed by atoms with van der Waals surface area (Å²) >= 11 is 3.03. The van der Waals surface area contributed by atoms with Gasteiger partial charge in [-0.15, -0.1) is 0 Å². The van der Waals surface area contributed by atoms with Gasteiger partial charge in [0, 0.05) is 5.56 Å². The quantitative estimate of drug-likeness (QED) is 0.614. The van der Waals surface area contributed by atoms with Crippen LogP contribution in [0.3, 0.4) is 0 Å². The van der Waals surface area contributed by atoms with Crippen molar-refractivity contribution in [1.82, 2.24) is 0 Å². The minimum Gasteiger partial charge on any atom is -0.545 e. The average molecular weight is 300 g/mol. The second-order valence-electron chi connectivity index (χ2n) is 3.72. The number of hydrogen-bond donors (Lipinski definition) is 0. The molecular weight excluding hydrogens is 288 g/mol. The molecule has 0 fully saturated rings. The number of esters is 1. The van der Waals surface area contributed by atoms with E-state index in [9.17, 15) is 14.7 Å². The fourth-order valence-corrected chi connectivity index (χ4v) is 1.35. The highest BCUT2D eigenvalue weighted by molar-refractivity contribution is 9.10. The van der Waals surface area contributed by atoms with Gasteiger partial charge >= 0.3 is 5.97 Å². The summed E-state index contributed by atoms with van der Waals surface area (Å²) in [5, 5.41) is 11.2.